The van der Waals surface area contributed by atoms with Crippen molar-refractivity contribution in [1.29, 1.82) is 0 Å². The van der Waals surface area contributed by atoms with Crippen LogP contribution >= 0.6 is 0 Å². The van der Waals surface area contributed by atoms with Crippen molar-refractivity contribution in [3.8, 4) is 0 Å². The molecule has 3 atom stereocenters. The number of nitrogens with zero attached hydrogens (tertiary/aromatic N) is 1. The molecule has 0 spiro atoms. The molecule has 2 N–H and O–H groups in total. The van der Waals surface area contributed by atoms with Gasteiger partial charge in [0.2, 0.25) is 11.8 Å². The number of carbonyl (C=O) groups is 2. The molecule has 2 saturated heterocycles. The van der Waals surface area contributed by atoms with Crippen molar-refractivity contribution < 1.29 is 9.59 Å². The second kappa shape index (κ2) is 4.51. The van der Waals surface area contributed by atoms with Crippen molar-refractivity contribution in [2.45, 2.75) is 31.8 Å². The second-order valence-electron chi connectivity index (χ2n) is 4.97. The molecule has 0 aliphatic carbocycles. The summed E-state index contributed by atoms with van der Waals surface area (Å²) < 4.78 is 0. The number of hydrogen-bond donors (Lipinski definition) is 2. The Balaban J connectivity index is 1.90. The molecule has 2 amide bonds. The summed E-state index contributed by atoms with van der Waals surface area (Å²) in [4.78, 5) is 24.8. The lowest BCUT2D eigenvalue weighted by molar-refractivity contribution is -0.125. The van der Waals surface area contributed by atoms with E-state index < -0.39 is 0 Å². The minimum Gasteiger partial charge on any atom is -0.306 e. The SMILES string of the molecule is CC1CN(C)CCC1NC1CC(=O)NC1=O. The number of imide groups is 1. The van der Waals surface area contributed by atoms with Crippen LogP contribution in [0, 0.1) is 5.92 Å². The van der Waals surface area contributed by atoms with E-state index in [2.05, 4.69) is 29.5 Å². The summed E-state index contributed by atoms with van der Waals surface area (Å²) in [6.45, 7) is 4.27. The molecule has 5 nitrogen and oxygen atoms in total. The fourth-order valence-electron chi connectivity index (χ4n) is 2.55. The van der Waals surface area contributed by atoms with Crippen molar-refractivity contribution in [3.05, 3.63) is 0 Å². The Hall–Kier alpha value is -0.940. The zero-order valence-corrected chi connectivity index (χ0v) is 9.82. The van der Waals surface area contributed by atoms with Gasteiger partial charge in [-0.05, 0) is 25.9 Å². The van der Waals surface area contributed by atoms with Crippen molar-refractivity contribution in [3.63, 3.8) is 0 Å². The first-order valence-electron chi connectivity index (χ1n) is 5.84. The summed E-state index contributed by atoms with van der Waals surface area (Å²) in [6.07, 6.45) is 1.33. The van der Waals surface area contributed by atoms with E-state index in [0.29, 0.717) is 12.0 Å². The average Bonchev–Trinajstić information content (AvgIpc) is 2.50. The van der Waals surface area contributed by atoms with Gasteiger partial charge < -0.3 is 10.2 Å². The highest BCUT2D eigenvalue weighted by Gasteiger charge is 2.34. The van der Waals surface area contributed by atoms with Gasteiger partial charge in [-0.1, -0.05) is 6.92 Å². The molecule has 2 aliphatic rings. The molecular weight excluding hydrogens is 206 g/mol. The maximum Gasteiger partial charge on any atom is 0.244 e. The lowest BCUT2D eigenvalue weighted by atomic mass is 9.93. The molecule has 0 aromatic rings. The van der Waals surface area contributed by atoms with E-state index >= 15 is 0 Å². The van der Waals surface area contributed by atoms with E-state index in [1.54, 1.807) is 0 Å². The summed E-state index contributed by atoms with van der Waals surface area (Å²) in [5.74, 6) is 0.182. The number of piperidine rings is 1. The van der Waals surface area contributed by atoms with Crippen LogP contribution in [0.15, 0.2) is 0 Å². The molecule has 16 heavy (non-hydrogen) atoms. The van der Waals surface area contributed by atoms with Crippen LogP contribution in [0.5, 0.6) is 0 Å². The lowest BCUT2D eigenvalue weighted by Gasteiger charge is -2.36. The number of rotatable bonds is 2. The number of hydrogen-bond acceptors (Lipinski definition) is 4. The fraction of sp³-hybridized carbons (Fsp3) is 0.818. The number of nitrogens with one attached hydrogen (secondary N) is 2. The normalized spacial score (nSPS) is 36.5. The Labute approximate surface area is 95.6 Å². The Bertz CT molecular complexity index is 306. The fourth-order valence-corrected chi connectivity index (χ4v) is 2.55. The maximum atomic E-state index is 11.4. The molecule has 5 heteroatoms. The van der Waals surface area contributed by atoms with E-state index in [9.17, 15) is 9.59 Å². The first-order valence-corrected chi connectivity index (χ1v) is 5.84. The molecule has 2 fully saturated rings. The number of likely N-dealkylation sites (tertiary alicyclic amines) is 1. The summed E-state index contributed by atoms with van der Waals surface area (Å²) in [7, 11) is 2.11. The molecule has 0 bridgehead atoms. The first kappa shape index (κ1) is 11.5. The van der Waals surface area contributed by atoms with Gasteiger partial charge in [0.1, 0.15) is 0 Å². The Kier molecular flexibility index (Phi) is 3.25. The third kappa shape index (κ3) is 2.41. The molecule has 0 radical (unpaired) electrons. The molecular formula is C11H19N3O2. The standard InChI is InChI=1S/C11H19N3O2/c1-7-6-14(2)4-3-8(7)12-9-5-10(15)13-11(9)16/h7-9,12H,3-6H2,1-2H3,(H,13,15,16). The molecule has 2 heterocycles. The Morgan fingerprint density at radius 3 is 2.75 bits per heavy atom. The quantitative estimate of drug-likeness (QED) is 0.612. The van der Waals surface area contributed by atoms with E-state index in [1.807, 2.05) is 0 Å². The highest BCUT2D eigenvalue weighted by molar-refractivity contribution is 6.05. The molecule has 0 aromatic carbocycles. The van der Waals surface area contributed by atoms with Crippen LogP contribution in [0.1, 0.15) is 19.8 Å². The molecule has 90 valence electrons. The maximum absolute atomic E-state index is 11.4. The van der Waals surface area contributed by atoms with Crippen molar-refractivity contribution >= 4 is 11.8 Å². The van der Waals surface area contributed by atoms with Crippen LogP contribution in [0.3, 0.4) is 0 Å². The van der Waals surface area contributed by atoms with E-state index in [0.717, 1.165) is 19.5 Å². The molecule has 2 aliphatic heterocycles. The van der Waals surface area contributed by atoms with Gasteiger partial charge >= 0.3 is 0 Å². The van der Waals surface area contributed by atoms with Gasteiger partial charge in [-0.25, -0.2) is 0 Å². The predicted octanol–water partition coefficient (Wildman–Crippen LogP) is -0.669. The van der Waals surface area contributed by atoms with Crippen LogP contribution < -0.4 is 10.6 Å². The molecule has 2 rings (SSSR count). The smallest absolute Gasteiger partial charge is 0.244 e. The van der Waals surface area contributed by atoms with Gasteiger partial charge in [0.25, 0.3) is 0 Å². The van der Waals surface area contributed by atoms with E-state index in [1.165, 1.54) is 0 Å². The van der Waals surface area contributed by atoms with Gasteiger partial charge in [-0.15, -0.1) is 0 Å². The van der Waals surface area contributed by atoms with E-state index in [4.69, 9.17) is 0 Å². The number of carbonyl (C=O) groups excluding carboxylic acids is 2. The monoisotopic (exact) mass is 225 g/mol. The highest BCUT2D eigenvalue weighted by atomic mass is 16.2. The lowest BCUT2D eigenvalue weighted by Crippen LogP contribution is -2.51. The third-order valence-electron chi connectivity index (χ3n) is 3.49. The Morgan fingerprint density at radius 2 is 2.19 bits per heavy atom. The van der Waals surface area contributed by atoms with Crippen LogP contribution in [-0.4, -0.2) is 48.9 Å². The summed E-state index contributed by atoms with van der Waals surface area (Å²) in [6, 6.07) is 0.0289. The zero-order chi connectivity index (χ0) is 11.7. The largest absolute Gasteiger partial charge is 0.306 e. The van der Waals surface area contributed by atoms with Gasteiger partial charge in [0.15, 0.2) is 0 Å². The summed E-state index contributed by atoms with van der Waals surface area (Å²) in [5.41, 5.74) is 0. The first-order chi connectivity index (χ1) is 7.56. The van der Waals surface area contributed by atoms with Gasteiger partial charge in [0.05, 0.1) is 12.5 Å². The second-order valence-corrected chi connectivity index (χ2v) is 4.97. The predicted molar refractivity (Wildman–Crippen MR) is 59.8 cm³/mol. The van der Waals surface area contributed by atoms with Gasteiger partial charge in [-0.2, -0.15) is 0 Å². The third-order valence-corrected chi connectivity index (χ3v) is 3.49. The van der Waals surface area contributed by atoms with Crippen LogP contribution in [0.25, 0.3) is 0 Å². The van der Waals surface area contributed by atoms with Gasteiger partial charge in [-0.3, -0.25) is 14.9 Å². The molecule has 3 unspecified atom stereocenters. The molecule has 0 saturated carbocycles. The van der Waals surface area contributed by atoms with Gasteiger partial charge in [0, 0.05) is 12.6 Å². The van der Waals surface area contributed by atoms with Crippen LogP contribution in [-0.2, 0) is 9.59 Å². The van der Waals surface area contributed by atoms with Crippen molar-refractivity contribution in [2.75, 3.05) is 20.1 Å². The minimum atomic E-state index is -0.316. The minimum absolute atomic E-state index is 0.164. The highest BCUT2D eigenvalue weighted by Crippen LogP contribution is 2.17. The average molecular weight is 225 g/mol. The summed E-state index contributed by atoms with van der Waals surface area (Å²) >= 11 is 0. The summed E-state index contributed by atoms with van der Waals surface area (Å²) in [5, 5.41) is 5.64. The topological polar surface area (TPSA) is 61.4 Å². The number of amides is 2. The Morgan fingerprint density at radius 1 is 1.44 bits per heavy atom. The van der Waals surface area contributed by atoms with Crippen molar-refractivity contribution in [1.82, 2.24) is 15.5 Å². The van der Waals surface area contributed by atoms with Crippen LogP contribution in [0.2, 0.25) is 0 Å². The zero-order valence-electron chi connectivity index (χ0n) is 9.82. The van der Waals surface area contributed by atoms with Crippen LogP contribution in [0.4, 0.5) is 0 Å². The molecule has 0 aromatic heterocycles. The van der Waals surface area contributed by atoms with Crippen molar-refractivity contribution in [2.24, 2.45) is 5.92 Å². The van der Waals surface area contributed by atoms with E-state index in [-0.39, 0.29) is 24.3 Å².